The Hall–Kier alpha value is -1.79. The highest BCUT2D eigenvalue weighted by Gasteiger charge is 2.36. The fraction of sp³-hybridized carbons (Fsp3) is 0.533. The van der Waals surface area contributed by atoms with Gasteiger partial charge in [0, 0.05) is 45.3 Å². The number of hydrogen-bond donors (Lipinski definition) is 1. The monoisotopic (exact) mass is 420 g/mol. The molecule has 0 bridgehead atoms. The second-order valence-electron chi connectivity index (χ2n) is 6.02. The second kappa shape index (κ2) is 8.93. The van der Waals surface area contributed by atoms with Crippen molar-refractivity contribution in [1.82, 2.24) is 14.5 Å². The van der Waals surface area contributed by atoms with Gasteiger partial charge in [0.1, 0.15) is 6.10 Å². The van der Waals surface area contributed by atoms with Crippen LogP contribution in [0.15, 0.2) is 29.2 Å². The molecule has 0 radical (unpaired) electrons. The maximum atomic E-state index is 12.8. The SMILES string of the molecule is Cl.O=C(C1CNCCO1)N1CCN(S(=O)(=O)c2ccccc2[N+](=O)[O-])CC1. The van der Waals surface area contributed by atoms with Crippen molar-refractivity contribution >= 4 is 34.0 Å². The first kappa shape index (κ1) is 21.5. The van der Waals surface area contributed by atoms with Crippen molar-refractivity contribution in [3.05, 3.63) is 34.4 Å². The number of nitro benzene ring substituents is 1. The normalized spacial score (nSPS) is 21.3. The Morgan fingerprint density at radius 1 is 1.22 bits per heavy atom. The van der Waals surface area contributed by atoms with Crippen molar-refractivity contribution in [2.75, 3.05) is 45.9 Å². The van der Waals surface area contributed by atoms with Crippen LogP contribution in [0.1, 0.15) is 0 Å². The molecule has 1 N–H and O–H groups in total. The summed E-state index contributed by atoms with van der Waals surface area (Å²) in [5.74, 6) is -0.167. The third kappa shape index (κ3) is 4.55. The molecule has 0 aromatic heterocycles. The Balaban J connectivity index is 0.00000261. The van der Waals surface area contributed by atoms with Crippen LogP contribution in [0.4, 0.5) is 5.69 Å². The molecular weight excluding hydrogens is 400 g/mol. The zero-order chi connectivity index (χ0) is 18.7. The fourth-order valence-corrected chi connectivity index (χ4v) is 4.62. The van der Waals surface area contributed by atoms with Crippen LogP contribution in [-0.2, 0) is 19.6 Å². The van der Waals surface area contributed by atoms with Gasteiger partial charge in [0.05, 0.1) is 11.5 Å². The molecule has 27 heavy (non-hydrogen) atoms. The first-order chi connectivity index (χ1) is 12.4. The van der Waals surface area contributed by atoms with Gasteiger partial charge < -0.3 is 15.0 Å². The summed E-state index contributed by atoms with van der Waals surface area (Å²) >= 11 is 0. The van der Waals surface area contributed by atoms with Gasteiger partial charge in [0.25, 0.3) is 11.6 Å². The van der Waals surface area contributed by atoms with Crippen LogP contribution >= 0.6 is 12.4 Å². The Bertz CT molecular complexity index is 791. The van der Waals surface area contributed by atoms with E-state index in [9.17, 15) is 23.3 Å². The van der Waals surface area contributed by atoms with E-state index in [1.807, 2.05) is 0 Å². The van der Waals surface area contributed by atoms with Crippen molar-refractivity contribution in [3.8, 4) is 0 Å². The van der Waals surface area contributed by atoms with Crippen molar-refractivity contribution in [2.45, 2.75) is 11.0 Å². The first-order valence-electron chi connectivity index (χ1n) is 8.26. The summed E-state index contributed by atoms with van der Waals surface area (Å²) in [4.78, 5) is 24.1. The van der Waals surface area contributed by atoms with E-state index in [4.69, 9.17) is 4.74 Å². The molecular formula is C15H21ClN4O6S. The number of para-hydroxylation sites is 1. The number of amides is 1. The quantitative estimate of drug-likeness (QED) is 0.530. The van der Waals surface area contributed by atoms with Crippen LogP contribution in [-0.4, -0.2) is 80.4 Å². The topological polar surface area (TPSA) is 122 Å². The predicted molar refractivity (Wildman–Crippen MR) is 98.3 cm³/mol. The lowest BCUT2D eigenvalue weighted by atomic mass is 10.2. The Morgan fingerprint density at radius 2 is 1.89 bits per heavy atom. The minimum atomic E-state index is -4.00. The molecule has 1 amide bonds. The molecule has 2 heterocycles. The summed E-state index contributed by atoms with van der Waals surface area (Å²) in [6.07, 6.45) is -0.554. The van der Waals surface area contributed by atoms with Crippen LogP contribution in [0.25, 0.3) is 0 Å². The maximum absolute atomic E-state index is 12.8. The molecule has 1 aromatic carbocycles. The number of nitro groups is 1. The van der Waals surface area contributed by atoms with Gasteiger partial charge in [0.15, 0.2) is 4.90 Å². The average Bonchev–Trinajstić information content (AvgIpc) is 2.68. The number of piperazine rings is 1. The molecule has 150 valence electrons. The number of sulfonamides is 1. The Morgan fingerprint density at radius 3 is 2.48 bits per heavy atom. The molecule has 3 rings (SSSR count). The fourth-order valence-electron chi connectivity index (χ4n) is 3.04. The number of nitrogens with zero attached hydrogens (tertiary/aromatic N) is 3. The lowest BCUT2D eigenvalue weighted by Gasteiger charge is -2.36. The van der Waals surface area contributed by atoms with Gasteiger partial charge in [-0.1, -0.05) is 12.1 Å². The van der Waals surface area contributed by atoms with Crippen LogP contribution in [0, 0.1) is 10.1 Å². The number of nitrogens with one attached hydrogen (secondary N) is 1. The molecule has 1 unspecified atom stereocenters. The average molecular weight is 421 g/mol. The molecule has 2 fully saturated rings. The molecule has 1 aromatic rings. The molecule has 2 aliphatic rings. The summed E-state index contributed by atoms with van der Waals surface area (Å²) < 4.78 is 32.2. The molecule has 2 saturated heterocycles. The number of carbonyl (C=O) groups is 1. The summed E-state index contributed by atoms with van der Waals surface area (Å²) in [7, 11) is -4.00. The molecule has 0 aliphatic carbocycles. The number of ether oxygens (including phenoxy) is 1. The van der Waals surface area contributed by atoms with Gasteiger partial charge in [-0.15, -0.1) is 12.4 Å². The molecule has 1 atom stereocenters. The highest BCUT2D eigenvalue weighted by molar-refractivity contribution is 7.89. The molecule has 2 aliphatic heterocycles. The van der Waals surface area contributed by atoms with E-state index in [1.54, 1.807) is 4.90 Å². The number of hydrogen-bond acceptors (Lipinski definition) is 7. The number of benzene rings is 1. The van der Waals surface area contributed by atoms with Crippen molar-refractivity contribution in [1.29, 1.82) is 0 Å². The van der Waals surface area contributed by atoms with E-state index < -0.39 is 26.7 Å². The first-order valence-corrected chi connectivity index (χ1v) is 9.70. The second-order valence-corrected chi connectivity index (χ2v) is 7.92. The summed E-state index contributed by atoms with van der Waals surface area (Å²) in [5, 5.41) is 14.2. The molecule has 10 nitrogen and oxygen atoms in total. The Labute approximate surface area is 163 Å². The van der Waals surface area contributed by atoms with Crippen molar-refractivity contribution in [3.63, 3.8) is 0 Å². The Kier molecular flexibility index (Phi) is 7.12. The molecule has 0 saturated carbocycles. The zero-order valence-electron chi connectivity index (χ0n) is 14.4. The largest absolute Gasteiger partial charge is 0.366 e. The van der Waals surface area contributed by atoms with Gasteiger partial charge in [-0.25, -0.2) is 8.42 Å². The number of rotatable bonds is 4. The third-order valence-corrected chi connectivity index (χ3v) is 6.38. The zero-order valence-corrected chi connectivity index (χ0v) is 16.1. The predicted octanol–water partition coefficient (Wildman–Crippen LogP) is -0.162. The summed E-state index contributed by atoms with van der Waals surface area (Å²) in [6.45, 7) is 2.21. The number of halogens is 1. The van der Waals surface area contributed by atoms with Crippen LogP contribution in [0.3, 0.4) is 0 Å². The lowest BCUT2D eigenvalue weighted by Crippen LogP contribution is -2.55. The minimum Gasteiger partial charge on any atom is -0.366 e. The number of carbonyl (C=O) groups excluding carboxylic acids is 1. The van der Waals surface area contributed by atoms with E-state index in [0.717, 1.165) is 0 Å². The molecule has 12 heteroatoms. The third-order valence-electron chi connectivity index (χ3n) is 4.43. The highest BCUT2D eigenvalue weighted by atomic mass is 35.5. The van der Waals surface area contributed by atoms with E-state index >= 15 is 0 Å². The van der Waals surface area contributed by atoms with Crippen molar-refractivity contribution < 1.29 is 22.9 Å². The van der Waals surface area contributed by atoms with Gasteiger partial charge in [0.2, 0.25) is 10.0 Å². The lowest BCUT2D eigenvalue weighted by molar-refractivity contribution is -0.387. The summed E-state index contributed by atoms with van der Waals surface area (Å²) in [5.41, 5.74) is -0.451. The van der Waals surface area contributed by atoms with Gasteiger partial charge in [-0.2, -0.15) is 4.31 Å². The smallest absolute Gasteiger partial charge is 0.289 e. The number of morpholine rings is 1. The van der Waals surface area contributed by atoms with Crippen LogP contribution < -0.4 is 5.32 Å². The van der Waals surface area contributed by atoms with Gasteiger partial charge in [-0.05, 0) is 6.07 Å². The van der Waals surface area contributed by atoms with E-state index in [-0.39, 0.29) is 49.4 Å². The van der Waals surface area contributed by atoms with Crippen LogP contribution in [0.5, 0.6) is 0 Å². The standard InChI is InChI=1S/C15H20N4O6S.ClH/c20-15(13-11-16-5-10-25-13)17-6-8-18(9-7-17)26(23,24)14-4-2-1-3-12(14)19(21)22;/h1-4,13,16H,5-11H2;1H. The minimum absolute atomic E-state index is 0. The van der Waals surface area contributed by atoms with Gasteiger partial charge in [-0.3, -0.25) is 14.9 Å². The van der Waals surface area contributed by atoms with Crippen molar-refractivity contribution in [2.24, 2.45) is 0 Å². The van der Waals surface area contributed by atoms with Crippen LogP contribution in [0.2, 0.25) is 0 Å². The highest BCUT2D eigenvalue weighted by Crippen LogP contribution is 2.27. The maximum Gasteiger partial charge on any atom is 0.289 e. The van der Waals surface area contributed by atoms with E-state index in [1.165, 1.54) is 28.6 Å². The summed E-state index contributed by atoms with van der Waals surface area (Å²) in [6, 6.07) is 5.27. The van der Waals surface area contributed by atoms with E-state index in [2.05, 4.69) is 5.32 Å². The van der Waals surface area contributed by atoms with Gasteiger partial charge >= 0.3 is 0 Å². The molecule has 0 spiro atoms. The van der Waals surface area contributed by atoms with E-state index in [0.29, 0.717) is 19.7 Å².